The monoisotopic (exact) mass is 563 g/mol. The molecule has 0 aromatic rings. The summed E-state index contributed by atoms with van der Waals surface area (Å²) in [5, 5.41) is 18.4. The summed E-state index contributed by atoms with van der Waals surface area (Å²) in [5.41, 5.74) is 0. The molecule has 0 aliphatic heterocycles. The molecule has 0 bridgehead atoms. The van der Waals surface area contributed by atoms with Gasteiger partial charge in [-0.1, -0.05) is 115 Å². The molecule has 6 nitrogen and oxygen atoms in total. The molecule has 0 aromatic carbocycles. The number of aliphatic hydroxyl groups is 1. The second-order valence-electron chi connectivity index (χ2n) is 11.1. The molecule has 1 fully saturated rings. The van der Waals surface area contributed by atoms with Crippen LogP contribution in [-0.4, -0.2) is 39.4 Å². The predicted molar refractivity (Wildman–Crippen MR) is 156 cm³/mol. The summed E-state index contributed by atoms with van der Waals surface area (Å²) in [7, 11) is -1.42. The van der Waals surface area contributed by atoms with Crippen molar-refractivity contribution in [3.05, 3.63) is 0 Å². The van der Waals surface area contributed by atoms with Crippen molar-refractivity contribution < 1.29 is 29.0 Å². The Hall–Kier alpha value is -0.200. The van der Waals surface area contributed by atoms with Crippen LogP contribution in [0.5, 0.6) is 0 Å². The molecule has 5 atom stereocenters. The van der Waals surface area contributed by atoms with Crippen LogP contribution in [0.4, 0.5) is 0 Å². The van der Waals surface area contributed by atoms with Gasteiger partial charge in [0.05, 0.1) is 0 Å². The molecule has 0 radical (unpaired) electrons. The summed E-state index contributed by atoms with van der Waals surface area (Å²) in [6.45, 7) is 6.44. The van der Waals surface area contributed by atoms with Crippen molar-refractivity contribution in [1.29, 1.82) is 0 Å². The Bertz CT molecular complexity index is 617. The maximum absolute atomic E-state index is 12.3. The molecule has 1 aliphatic carbocycles. The van der Waals surface area contributed by atoms with E-state index in [4.69, 9.17) is 22.1 Å². The molecule has 1 saturated carbocycles. The van der Waals surface area contributed by atoms with Crippen molar-refractivity contribution in [1.82, 2.24) is 0 Å². The van der Waals surface area contributed by atoms with E-state index in [1.54, 1.807) is 0 Å². The third kappa shape index (κ3) is 12.7. The van der Waals surface area contributed by atoms with E-state index in [9.17, 15) is 19.6 Å². The van der Waals surface area contributed by atoms with Crippen LogP contribution in [0.2, 0.25) is 0 Å². The van der Waals surface area contributed by atoms with E-state index in [1.165, 1.54) is 64.2 Å². The molecule has 8 heteroatoms. The molecule has 218 valence electrons. The van der Waals surface area contributed by atoms with Gasteiger partial charge in [0.2, 0.25) is 6.29 Å². The quantitative estimate of drug-likeness (QED) is 0.0500. The second kappa shape index (κ2) is 19.8. The van der Waals surface area contributed by atoms with Gasteiger partial charge in [0, 0.05) is 6.61 Å². The van der Waals surface area contributed by atoms with Crippen LogP contribution in [0.3, 0.4) is 0 Å². The molecule has 37 heavy (non-hydrogen) atoms. The standard InChI is InChI=1S/C29H55O6PS/c1-4-7-9-10-11-12-16-21-28(37,35-29(36-33,26(30)31)27(32)34-23-6-3)22-20-25(17-8-5-2)24-18-14-13-15-19-24/h24-25,27,32,37H,4-23H2,1-3H3,(H,30,31)/p+1. The first-order chi connectivity index (χ1) is 17.8. The van der Waals surface area contributed by atoms with E-state index >= 15 is 0 Å². The topological polar surface area (TPSA) is 93.1 Å². The highest BCUT2D eigenvalue weighted by molar-refractivity contribution is 7.81. The fourth-order valence-electron chi connectivity index (χ4n) is 5.65. The van der Waals surface area contributed by atoms with Gasteiger partial charge in [-0.2, -0.15) is 0 Å². The van der Waals surface area contributed by atoms with Crippen molar-refractivity contribution in [2.75, 3.05) is 6.61 Å². The van der Waals surface area contributed by atoms with Gasteiger partial charge in [0.1, 0.15) is 4.93 Å². The van der Waals surface area contributed by atoms with Crippen molar-refractivity contribution in [3.8, 4) is 0 Å². The second-order valence-corrected chi connectivity index (χ2v) is 12.9. The van der Waals surface area contributed by atoms with Crippen LogP contribution in [0.15, 0.2) is 0 Å². The van der Waals surface area contributed by atoms with Crippen molar-refractivity contribution in [2.24, 2.45) is 11.8 Å². The SMILES string of the molecule is CCCCCCCCCC(S)(CCC(CCCC)C1CCCCC1)OC([PH+]=O)(C(=O)O)C(O)OCCC. The number of unbranched alkanes of at least 4 members (excludes halogenated alkanes) is 7. The Labute approximate surface area is 233 Å². The number of ether oxygens (including phenoxy) is 2. The Kier molecular flexibility index (Phi) is 18.6. The molecule has 5 unspecified atom stereocenters. The predicted octanol–water partition coefficient (Wildman–Crippen LogP) is 8.49. The number of thiol groups is 1. The molecule has 0 saturated heterocycles. The first kappa shape index (κ1) is 34.8. The normalized spacial score (nSPS) is 19.8. The average molecular weight is 564 g/mol. The third-order valence-electron chi connectivity index (χ3n) is 7.97. The Morgan fingerprint density at radius 2 is 1.54 bits per heavy atom. The first-order valence-electron chi connectivity index (χ1n) is 15.1. The minimum atomic E-state index is -2.35. The molecule has 0 amide bonds. The fraction of sp³-hybridized carbons (Fsp3) is 0.966. The van der Waals surface area contributed by atoms with Crippen LogP contribution >= 0.6 is 21.1 Å². The Morgan fingerprint density at radius 1 is 0.919 bits per heavy atom. The van der Waals surface area contributed by atoms with E-state index in [0.29, 0.717) is 31.1 Å². The number of carboxylic acids is 1. The molecular formula is C29H56O6PS+. The summed E-state index contributed by atoms with van der Waals surface area (Å²) >= 11 is 4.95. The number of hydrogen-bond acceptors (Lipinski definition) is 6. The van der Waals surface area contributed by atoms with Gasteiger partial charge >= 0.3 is 19.8 Å². The van der Waals surface area contributed by atoms with Gasteiger partial charge in [-0.15, -0.1) is 12.6 Å². The lowest BCUT2D eigenvalue weighted by molar-refractivity contribution is -0.227. The lowest BCUT2D eigenvalue weighted by Crippen LogP contribution is -2.53. The van der Waals surface area contributed by atoms with Crippen molar-refractivity contribution in [2.45, 2.75) is 159 Å². The Balaban J connectivity index is 3.03. The van der Waals surface area contributed by atoms with Crippen LogP contribution in [0.25, 0.3) is 0 Å². The molecule has 0 aromatic heterocycles. The Morgan fingerprint density at radius 3 is 2.11 bits per heavy atom. The van der Waals surface area contributed by atoms with E-state index in [1.807, 2.05) is 6.92 Å². The molecule has 1 aliphatic rings. The number of hydrogen-bond donors (Lipinski definition) is 3. The molecule has 0 heterocycles. The highest BCUT2D eigenvalue weighted by Gasteiger charge is 2.61. The van der Waals surface area contributed by atoms with Crippen LogP contribution in [0.1, 0.15) is 143 Å². The van der Waals surface area contributed by atoms with Crippen LogP contribution in [0, 0.1) is 11.8 Å². The van der Waals surface area contributed by atoms with E-state index in [-0.39, 0.29) is 6.61 Å². The number of carboxylic acid groups (broad SMARTS) is 1. The maximum Gasteiger partial charge on any atom is 0.411 e. The van der Waals surface area contributed by atoms with E-state index in [0.717, 1.165) is 38.5 Å². The zero-order chi connectivity index (χ0) is 27.6. The van der Waals surface area contributed by atoms with Gasteiger partial charge in [0.15, 0.2) is 0 Å². The van der Waals surface area contributed by atoms with Gasteiger partial charge in [-0.3, -0.25) is 0 Å². The largest absolute Gasteiger partial charge is 0.476 e. The van der Waals surface area contributed by atoms with Crippen LogP contribution < -0.4 is 0 Å². The maximum atomic E-state index is 12.3. The van der Waals surface area contributed by atoms with E-state index < -0.39 is 31.0 Å². The molecule has 0 spiro atoms. The number of aliphatic carboxylic acids is 1. The van der Waals surface area contributed by atoms with Gasteiger partial charge in [-0.05, 0) is 43.9 Å². The minimum Gasteiger partial charge on any atom is -0.476 e. The summed E-state index contributed by atoms with van der Waals surface area (Å²) < 4.78 is 23.8. The molecule has 1 rings (SSSR count). The van der Waals surface area contributed by atoms with E-state index in [2.05, 4.69) is 13.8 Å². The summed E-state index contributed by atoms with van der Waals surface area (Å²) in [6.07, 6.45) is 18.6. The first-order valence-corrected chi connectivity index (χ1v) is 16.5. The lowest BCUT2D eigenvalue weighted by atomic mass is 9.75. The number of carbonyl (C=O) groups is 1. The third-order valence-corrected chi connectivity index (χ3v) is 9.37. The lowest BCUT2D eigenvalue weighted by Gasteiger charge is -2.37. The molecular weight excluding hydrogens is 507 g/mol. The summed E-state index contributed by atoms with van der Waals surface area (Å²) in [5.74, 6) is -0.225. The zero-order valence-electron chi connectivity index (χ0n) is 23.8. The number of aliphatic hydroxyl groups excluding tert-OH is 1. The van der Waals surface area contributed by atoms with Crippen LogP contribution in [-0.2, 0) is 18.8 Å². The van der Waals surface area contributed by atoms with Crippen molar-refractivity contribution in [3.63, 3.8) is 0 Å². The summed E-state index contributed by atoms with van der Waals surface area (Å²) in [4.78, 5) is 11.2. The summed E-state index contributed by atoms with van der Waals surface area (Å²) in [6, 6.07) is 0. The average Bonchev–Trinajstić information content (AvgIpc) is 2.90. The van der Waals surface area contributed by atoms with Gasteiger partial charge < -0.3 is 19.7 Å². The number of rotatable bonds is 23. The minimum absolute atomic E-state index is 0.155. The smallest absolute Gasteiger partial charge is 0.411 e. The highest BCUT2D eigenvalue weighted by Crippen LogP contribution is 2.44. The van der Waals surface area contributed by atoms with Crippen molar-refractivity contribution >= 4 is 27.1 Å². The van der Waals surface area contributed by atoms with Gasteiger partial charge in [-0.25, -0.2) is 4.79 Å². The molecule has 2 N–H and O–H groups in total. The fourth-order valence-corrected chi connectivity index (χ4v) is 6.67. The highest BCUT2D eigenvalue weighted by atomic mass is 32.1. The van der Waals surface area contributed by atoms with Gasteiger partial charge in [0.25, 0.3) is 0 Å². The zero-order valence-corrected chi connectivity index (χ0v) is 25.7.